The van der Waals surface area contributed by atoms with Crippen LogP contribution in [0.1, 0.15) is 50.5 Å². The fourth-order valence-electron chi connectivity index (χ4n) is 3.59. The van der Waals surface area contributed by atoms with Crippen molar-refractivity contribution in [2.75, 3.05) is 13.2 Å². The van der Waals surface area contributed by atoms with Crippen molar-refractivity contribution < 1.29 is 4.74 Å². The van der Waals surface area contributed by atoms with Gasteiger partial charge in [-0.1, -0.05) is 49.6 Å². The van der Waals surface area contributed by atoms with E-state index in [0.717, 1.165) is 13.2 Å². The normalized spacial score (nSPS) is 26.4. The molecule has 1 saturated carbocycles. The predicted octanol–water partition coefficient (Wildman–Crippen LogP) is 3.61. The maximum absolute atomic E-state index is 5.76. The summed E-state index contributed by atoms with van der Waals surface area (Å²) in [6.45, 7) is 1.96. The first-order valence-electron chi connectivity index (χ1n) is 7.81. The van der Waals surface area contributed by atoms with Crippen LogP contribution in [0.15, 0.2) is 30.3 Å². The number of hydrogen-bond acceptors (Lipinski definition) is 2. The van der Waals surface area contributed by atoms with Gasteiger partial charge in [-0.05, 0) is 31.2 Å². The first-order valence-corrected chi connectivity index (χ1v) is 7.81. The third-order valence-electron chi connectivity index (χ3n) is 4.73. The molecule has 1 aliphatic carbocycles. The van der Waals surface area contributed by atoms with Crippen LogP contribution < -0.4 is 5.32 Å². The summed E-state index contributed by atoms with van der Waals surface area (Å²) in [7, 11) is 0. The summed E-state index contributed by atoms with van der Waals surface area (Å²) in [6.07, 6.45) is 9.48. The molecule has 104 valence electrons. The molecule has 1 aliphatic heterocycles. The van der Waals surface area contributed by atoms with Crippen LogP contribution in [0.2, 0.25) is 0 Å². The Morgan fingerprint density at radius 3 is 2.53 bits per heavy atom. The molecule has 1 aromatic carbocycles. The van der Waals surface area contributed by atoms with Crippen molar-refractivity contribution in [3.05, 3.63) is 35.9 Å². The van der Waals surface area contributed by atoms with Gasteiger partial charge in [0.2, 0.25) is 0 Å². The van der Waals surface area contributed by atoms with Gasteiger partial charge in [-0.15, -0.1) is 0 Å². The zero-order valence-corrected chi connectivity index (χ0v) is 11.7. The van der Waals surface area contributed by atoms with E-state index >= 15 is 0 Å². The maximum Gasteiger partial charge on any atom is 0.0700 e. The van der Waals surface area contributed by atoms with Gasteiger partial charge in [-0.2, -0.15) is 0 Å². The van der Waals surface area contributed by atoms with Gasteiger partial charge in [0.1, 0.15) is 0 Å². The van der Waals surface area contributed by atoms with E-state index in [1.807, 2.05) is 0 Å². The molecule has 1 atom stereocenters. The molecule has 1 saturated heterocycles. The molecule has 2 nitrogen and oxygen atoms in total. The third kappa shape index (κ3) is 3.01. The van der Waals surface area contributed by atoms with Crippen LogP contribution in [0.4, 0.5) is 0 Å². The Bertz CT molecular complexity index is 378. The molecule has 0 bridgehead atoms. The lowest BCUT2D eigenvalue weighted by atomic mass is 9.76. The lowest BCUT2D eigenvalue weighted by molar-refractivity contribution is 0.0941. The second-order valence-corrected chi connectivity index (χ2v) is 6.02. The smallest absolute Gasteiger partial charge is 0.0700 e. The van der Waals surface area contributed by atoms with Crippen LogP contribution >= 0.6 is 0 Å². The summed E-state index contributed by atoms with van der Waals surface area (Å²) >= 11 is 0. The van der Waals surface area contributed by atoms with Gasteiger partial charge in [-0.25, -0.2) is 0 Å². The molecule has 19 heavy (non-hydrogen) atoms. The molecule has 3 rings (SSSR count). The van der Waals surface area contributed by atoms with Gasteiger partial charge in [-0.3, -0.25) is 0 Å². The van der Waals surface area contributed by atoms with E-state index < -0.39 is 0 Å². The second-order valence-electron chi connectivity index (χ2n) is 6.02. The lowest BCUT2D eigenvalue weighted by Crippen LogP contribution is -2.47. The summed E-state index contributed by atoms with van der Waals surface area (Å²) in [5, 5.41) is 3.87. The Hall–Kier alpha value is -0.860. The van der Waals surface area contributed by atoms with E-state index in [1.54, 1.807) is 0 Å². The number of nitrogens with one attached hydrogen (secondary N) is 1. The molecular weight excluding hydrogens is 234 g/mol. The van der Waals surface area contributed by atoms with Crippen LogP contribution in [0.3, 0.4) is 0 Å². The fraction of sp³-hybridized carbons (Fsp3) is 0.647. The van der Waals surface area contributed by atoms with E-state index in [1.165, 1.54) is 50.5 Å². The Balaban J connectivity index is 1.72. The van der Waals surface area contributed by atoms with Crippen molar-refractivity contribution in [3.8, 4) is 0 Å². The topological polar surface area (TPSA) is 21.3 Å². The molecule has 0 spiro atoms. The van der Waals surface area contributed by atoms with E-state index in [0.29, 0.717) is 6.10 Å². The molecule has 2 fully saturated rings. The standard InChI is InChI=1S/C17H25NO/c1-3-8-15(9-4-1)17(11-5-2-6-12-17)18-14-16-10-7-13-19-16/h1,3-4,8-9,16,18H,2,5-7,10-14H2/t16-/m1/s1. The number of hydrogen-bond donors (Lipinski definition) is 1. The monoisotopic (exact) mass is 259 g/mol. The summed E-state index contributed by atoms with van der Waals surface area (Å²) in [4.78, 5) is 0. The number of rotatable bonds is 4. The Kier molecular flexibility index (Phi) is 4.19. The number of benzene rings is 1. The summed E-state index contributed by atoms with van der Waals surface area (Å²) in [6, 6.07) is 11.0. The van der Waals surface area contributed by atoms with Crippen molar-refractivity contribution in [1.29, 1.82) is 0 Å². The van der Waals surface area contributed by atoms with Crippen LogP contribution in [-0.2, 0) is 10.3 Å². The summed E-state index contributed by atoms with van der Waals surface area (Å²) in [5.74, 6) is 0. The van der Waals surface area contributed by atoms with Crippen LogP contribution in [0.25, 0.3) is 0 Å². The van der Waals surface area contributed by atoms with Crippen molar-refractivity contribution in [2.24, 2.45) is 0 Å². The molecule has 2 aliphatic rings. The van der Waals surface area contributed by atoms with E-state index in [4.69, 9.17) is 4.74 Å². The molecule has 2 heteroatoms. The molecule has 1 heterocycles. The fourth-order valence-corrected chi connectivity index (χ4v) is 3.59. The van der Waals surface area contributed by atoms with Gasteiger partial charge in [0.05, 0.1) is 6.10 Å². The second kappa shape index (κ2) is 6.06. The highest BCUT2D eigenvalue weighted by atomic mass is 16.5. The van der Waals surface area contributed by atoms with Gasteiger partial charge in [0.25, 0.3) is 0 Å². The maximum atomic E-state index is 5.76. The van der Waals surface area contributed by atoms with Crippen molar-refractivity contribution in [3.63, 3.8) is 0 Å². The van der Waals surface area contributed by atoms with E-state index in [9.17, 15) is 0 Å². The van der Waals surface area contributed by atoms with E-state index in [2.05, 4.69) is 35.6 Å². The van der Waals surface area contributed by atoms with Crippen molar-refractivity contribution in [1.82, 2.24) is 5.32 Å². The third-order valence-corrected chi connectivity index (χ3v) is 4.73. The van der Waals surface area contributed by atoms with Crippen molar-refractivity contribution >= 4 is 0 Å². The molecular formula is C17H25NO. The van der Waals surface area contributed by atoms with Crippen LogP contribution in [-0.4, -0.2) is 19.3 Å². The predicted molar refractivity (Wildman–Crippen MR) is 78.2 cm³/mol. The zero-order chi connectivity index (χ0) is 13.0. The minimum atomic E-state index is 0.200. The lowest BCUT2D eigenvalue weighted by Gasteiger charge is -2.39. The van der Waals surface area contributed by atoms with Crippen LogP contribution in [0, 0.1) is 0 Å². The summed E-state index contributed by atoms with van der Waals surface area (Å²) in [5.41, 5.74) is 1.67. The Morgan fingerprint density at radius 2 is 1.84 bits per heavy atom. The number of ether oxygens (including phenoxy) is 1. The molecule has 1 aromatic rings. The minimum absolute atomic E-state index is 0.200. The van der Waals surface area contributed by atoms with Gasteiger partial charge in [0, 0.05) is 18.7 Å². The highest BCUT2D eigenvalue weighted by molar-refractivity contribution is 5.25. The average Bonchev–Trinajstić information content (AvgIpc) is 3.01. The minimum Gasteiger partial charge on any atom is -0.377 e. The molecule has 0 unspecified atom stereocenters. The zero-order valence-electron chi connectivity index (χ0n) is 11.7. The van der Waals surface area contributed by atoms with Gasteiger partial charge < -0.3 is 10.1 Å². The Morgan fingerprint density at radius 1 is 1.05 bits per heavy atom. The first kappa shape index (κ1) is 13.1. The largest absolute Gasteiger partial charge is 0.377 e. The first-order chi connectivity index (χ1) is 9.39. The van der Waals surface area contributed by atoms with E-state index in [-0.39, 0.29) is 5.54 Å². The van der Waals surface area contributed by atoms with Gasteiger partial charge in [0.15, 0.2) is 0 Å². The molecule has 0 amide bonds. The highest BCUT2D eigenvalue weighted by Gasteiger charge is 2.34. The highest BCUT2D eigenvalue weighted by Crippen LogP contribution is 2.37. The van der Waals surface area contributed by atoms with Crippen molar-refractivity contribution in [2.45, 2.75) is 56.6 Å². The summed E-state index contributed by atoms with van der Waals surface area (Å²) < 4.78 is 5.76. The molecule has 0 radical (unpaired) electrons. The average molecular weight is 259 g/mol. The SMILES string of the molecule is c1ccc(C2(NC[C@H]3CCCO3)CCCCC2)cc1. The van der Waals surface area contributed by atoms with Crippen LogP contribution in [0.5, 0.6) is 0 Å². The molecule has 0 aromatic heterocycles. The van der Waals surface area contributed by atoms with Gasteiger partial charge >= 0.3 is 0 Å². The quantitative estimate of drug-likeness (QED) is 0.892. The molecule has 1 N–H and O–H groups in total. The Labute approximate surface area is 116 Å².